The molecule has 1 saturated heterocycles. The van der Waals surface area contributed by atoms with Crippen LogP contribution in [0.15, 0.2) is 18.3 Å². The van der Waals surface area contributed by atoms with Gasteiger partial charge in [-0.2, -0.15) is 0 Å². The van der Waals surface area contributed by atoms with Gasteiger partial charge in [0.2, 0.25) is 0 Å². The number of hydrogen-bond donors (Lipinski definition) is 0. The molecule has 0 spiro atoms. The van der Waals surface area contributed by atoms with Crippen molar-refractivity contribution in [1.29, 1.82) is 0 Å². The number of ether oxygens (including phenoxy) is 1. The Balaban J connectivity index is 1.69. The van der Waals surface area contributed by atoms with Crippen molar-refractivity contribution in [1.82, 2.24) is 19.5 Å². The third kappa shape index (κ3) is 3.99. The molecule has 1 unspecified atom stereocenters. The van der Waals surface area contributed by atoms with Crippen molar-refractivity contribution < 1.29 is 9.53 Å². The van der Waals surface area contributed by atoms with Crippen LogP contribution in [0.2, 0.25) is 0 Å². The van der Waals surface area contributed by atoms with Crippen LogP contribution in [-0.2, 0) is 11.2 Å². The highest BCUT2D eigenvalue weighted by Crippen LogP contribution is 2.23. The number of amides is 1. The highest BCUT2D eigenvalue weighted by Gasteiger charge is 2.28. The number of pyridine rings is 1. The van der Waals surface area contributed by atoms with Gasteiger partial charge in [-0.1, -0.05) is 0 Å². The lowest BCUT2D eigenvalue weighted by Gasteiger charge is -2.33. The summed E-state index contributed by atoms with van der Waals surface area (Å²) in [5.41, 5.74) is 0.442. The Labute approximate surface area is 155 Å². The first-order valence-electron chi connectivity index (χ1n) is 8.29. The van der Waals surface area contributed by atoms with E-state index in [9.17, 15) is 4.79 Å². The summed E-state index contributed by atoms with van der Waals surface area (Å²) in [4.78, 5) is 14.1. The Morgan fingerprint density at radius 1 is 1.42 bits per heavy atom. The number of carbonyl (C=O) groups is 1. The zero-order valence-corrected chi connectivity index (χ0v) is 16.5. The maximum atomic E-state index is 12.3. The molecule has 2 aromatic rings. The van der Waals surface area contributed by atoms with Crippen molar-refractivity contribution in [3.8, 4) is 0 Å². The summed E-state index contributed by atoms with van der Waals surface area (Å²) in [6, 6.07) is 4.04. The summed E-state index contributed by atoms with van der Waals surface area (Å²) in [6.45, 7) is 7.18. The van der Waals surface area contributed by atoms with Crippen LogP contribution in [0.5, 0.6) is 0 Å². The second-order valence-electron chi connectivity index (χ2n) is 7.30. The Bertz CT molecular complexity index is 738. The predicted octanol–water partition coefficient (Wildman–Crippen LogP) is 3.52. The van der Waals surface area contributed by atoms with E-state index in [4.69, 9.17) is 4.74 Å². The first-order valence-corrected chi connectivity index (χ1v) is 9.37. The van der Waals surface area contributed by atoms with Crippen molar-refractivity contribution in [2.24, 2.45) is 5.92 Å². The molecular formula is C17H23IN4O2. The standard InChI is InChI=1S/C17H23IN4O2/c1-17(2,3)24-16(23)21-8-4-6-12(11-21)10-14-19-20-15-13(18)7-5-9-22(14)15/h5,7,9,12H,4,6,8,10-11H2,1-3H3. The maximum Gasteiger partial charge on any atom is 0.410 e. The van der Waals surface area contributed by atoms with Gasteiger partial charge in [0, 0.05) is 25.7 Å². The Morgan fingerprint density at radius 2 is 2.21 bits per heavy atom. The number of hydrogen-bond acceptors (Lipinski definition) is 4. The smallest absolute Gasteiger partial charge is 0.410 e. The number of rotatable bonds is 2. The molecule has 3 rings (SSSR count). The molecule has 1 aliphatic heterocycles. The molecule has 1 atom stereocenters. The van der Waals surface area contributed by atoms with E-state index >= 15 is 0 Å². The minimum absolute atomic E-state index is 0.215. The normalized spacial score (nSPS) is 18.8. The van der Waals surface area contributed by atoms with Gasteiger partial charge in [-0.25, -0.2) is 4.79 Å². The molecule has 0 N–H and O–H groups in total. The monoisotopic (exact) mass is 442 g/mol. The Hall–Kier alpha value is -1.38. The second-order valence-corrected chi connectivity index (χ2v) is 8.47. The fraction of sp³-hybridized carbons (Fsp3) is 0.588. The zero-order valence-electron chi connectivity index (χ0n) is 14.3. The zero-order chi connectivity index (χ0) is 17.3. The van der Waals surface area contributed by atoms with E-state index in [1.807, 2.05) is 48.4 Å². The molecule has 2 aromatic heterocycles. The molecule has 1 amide bonds. The van der Waals surface area contributed by atoms with E-state index < -0.39 is 5.60 Å². The third-order valence-electron chi connectivity index (χ3n) is 4.10. The summed E-state index contributed by atoms with van der Waals surface area (Å²) in [7, 11) is 0. The maximum absolute atomic E-state index is 12.3. The van der Waals surface area contributed by atoms with Gasteiger partial charge in [0.25, 0.3) is 0 Å². The predicted molar refractivity (Wildman–Crippen MR) is 99.9 cm³/mol. The minimum atomic E-state index is -0.454. The number of fused-ring (bicyclic) bond motifs is 1. The molecule has 7 heteroatoms. The van der Waals surface area contributed by atoms with Gasteiger partial charge in [0.1, 0.15) is 11.4 Å². The number of likely N-dealkylation sites (tertiary alicyclic amines) is 1. The molecule has 24 heavy (non-hydrogen) atoms. The van der Waals surface area contributed by atoms with Crippen LogP contribution in [-0.4, -0.2) is 44.3 Å². The van der Waals surface area contributed by atoms with E-state index in [2.05, 4.69) is 32.8 Å². The van der Waals surface area contributed by atoms with E-state index in [0.717, 1.165) is 40.8 Å². The highest BCUT2D eigenvalue weighted by molar-refractivity contribution is 14.1. The van der Waals surface area contributed by atoms with Crippen LogP contribution in [0.4, 0.5) is 4.79 Å². The average molecular weight is 442 g/mol. The van der Waals surface area contributed by atoms with Gasteiger partial charge in [0.05, 0.1) is 3.57 Å². The fourth-order valence-corrected chi connectivity index (χ4v) is 3.63. The summed E-state index contributed by atoms with van der Waals surface area (Å²) in [6.07, 6.45) is 4.70. The molecule has 0 bridgehead atoms. The van der Waals surface area contributed by atoms with Crippen LogP contribution in [0, 0.1) is 9.49 Å². The molecule has 0 saturated carbocycles. The molecule has 6 nitrogen and oxygen atoms in total. The SMILES string of the molecule is CC(C)(C)OC(=O)N1CCCC(Cc2nnc3c(I)cccn23)C1. The lowest BCUT2D eigenvalue weighted by molar-refractivity contribution is 0.0165. The molecule has 1 fully saturated rings. The summed E-state index contributed by atoms with van der Waals surface area (Å²) in [5, 5.41) is 8.64. The lowest BCUT2D eigenvalue weighted by atomic mass is 9.95. The molecule has 1 aliphatic rings. The number of halogens is 1. The number of aromatic nitrogens is 3. The highest BCUT2D eigenvalue weighted by atomic mass is 127. The summed E-state index contributed by atoms with van der Waals surface area (Å²) >= 11 is 2.27. The molecule has 3 heterocycles. The Morgan fingerprint density at radius 3 is 2.96 bits per heavy atom. The third-order valence-corrected chi connectivity index (χ3v) is 4.94. The van der Waals surface area contributed by atoms with Crippen LogP contribution >= 0.6 is 22.6 Å². The van der Waals surface area contributed by atoms with Crippen molar-refractivity contribution in [2.75, 3.05) is 13.1 Å². The summed E-state index contributed by atoms with van der Waals surface area (Å²) < 4.78 is 8.64. The number of piperidine rings is 1. The van der Waals surface area contributed by atoms with E-state index in [1.165, 1.54) is 0 Å². The quantitative estimate of drug-likeness (QED) is 0.668. The topological polar surface area (TPSA) is 59.7 Å². The molecular weight excluding hydrogens is 419 g/mol. The number of carbonyl (C=O) groups excluding carboxylic acids is 1. The number of nitrogens with zero attached hydrogens (tertiary/aromatic N) is 4. The Kier molecular flexibility index (Phi) is 4.98. The van der Waals surface area contributed by atoms with Crippen molar-refractivity contribution in [2.45, 2.75) is 45.6 Å². The van der Waals surface area contributed by atoms with Crippen LogP contribution < -0.4 is 0 Å². The van der Waals surface area contributed by atoms with Gasteiger partial charge in [0.15, 0.2) is 5.65 Å². The van der Waals surface area contributed by atoms with E-state index in [1.54, 1.807) is 0 Å². The van der Waals surface area contributed by atoms with Crippen molar-refractivity contribution >= 4 is 34.3 Å². The molecule has 0 aromatic carbocycles. The molecule has 0 aliphatic carbocycles. The van der Waals surface area contributed by atoms with Gasteiger partial charge < -0.3 is 9.64 Å². The van der Waals surface area contributed by atoms with Crippen LogP contribution in [0.25, 0.3) is 5.65 Å². The molecule has 0 radical (unpaired) electrons. The van der Waals surface area contributed by atoms with Gasteiger partial charge in [-0.05, 0) is 74.3 Å². The van der Waals surface area contributed by atoms with Crippen LogP contribution in [0.3, 0.4) is 0 Å². The largest absolute Gasteiger partial charge is 0.444 e. The first-order chi connectivity index (χ1) is 11.3. The second kappa shape index (κ2) is 6.85. The molecule has 130 valence electrons. The average Bonchev–Trinajstić information content (AvgIpc) is 2.90. The van der Waals surface area contributed by atoms with Crippen LogP contribution in [0.1, 0.15) is 39.4 Å². The van der Waals surface area contributed by atoms with Gasteiger partial charge in [-0.15, -0.1) is 10.2 Å². The van der Waals surface area contributed by atoms with Crippen molar-refractivity contribution in [3.63, 3.8) is 0 Å². The van der Waals surface area contributed by atoms with Gasteiger partial charge in [-0.3, -0.25) is 4.40 Å². The van der Waals surface area contributed by atoms with Gasteiger partial charge >= 0.3 is 6.09 Å². The van der Waals surface area contributed by atoms with E-state index in [-0.39, 0.29) is 6.09 Å². The fourth-order valence-electron chi connectivity index (χ4n) is 3.05. The first kappa shape index (κ1) is 17.4. The van der Waals surface area contributed by atoms with Crippen molar-refractivity contribution in [3.05, 3.63) is 27.7 Å². The lowest BCUT2D eigenvalue weighted by Crippen LogP contribution is -2.43. The minimum Gasteiger partial charge on any atom is -0.444 e. The summed E-state index contributed by atoms with van der Waals surface area (Å²) in [5.74, 6) is 1.34. The van der Waals surface area contributed by atoms with E-state index in [0.29, 0.717) is 12.5 Å².